The molecule has 0 saturated carbocycles. The minimum Gasteiger partial charge on any atom is -0.303 e. The maximum atomic E-state index is 2.66. The van der Waals surface area contributed by atoms with Crippen molar-refractivity contribution in [2.75, 3.05) is 6.54 Å². The number of likely N-dealkylation sites (tertiary alicyclic amines) is 1. The lowest BCUT2D eigenvalue weighted by Gasteiger charge is -2.41. The molecule has 1 aliphatic rings. The van der Waals surface area contributed by atoms with Crippen molar-refractivity contribution in [1.82, 2.24) is 4.90 Å². The van der Waals surface area contributed by atoms with Crippen LogP contribution in [0.5, 0.6) is 0 Å². The molecular weight excluding hydrogens is 145 g/mol. The van der Waals surface area contributed by atoms with Crippen LogP contribution in [0.4, 0.5) is 0 Å². The third kappa shape index (κ3) is 1.54. The smallest absolute Gasteiger partial charge is 0.128 e. The van der Waals surface area contributed by atoms with Gasteiger partial charge in [0, 0.05) is 6.04 Å². The van der Waals surface area contributed by atoms with Crippen molar-refractivity contribution in [2.24, 2.45) is 5.92 Å². The number of hydrogen-bond donors (Lipinski definition) is 0. The van der Waals surface area contributed by atoms with Crippen molar-refractivity contribution in [3.63, 3.8) is 0 Å². The summed E-state index contributed by atoms with van der Waals surface area (Å²) in [4.78, 5) is 2.66. The lowest BCUT2D eigenvalue weighted by atomic mass is 9.67. The minimum absolute atomic E-state index is 0.466. The van der Waals surface area contributed by atoms with E-state index in [1.807, 2.05) is 0 Å². The zero-order chi connectivity index (χ0) is 9.35. The van der Waals surface area contributed by atoms with Crippen molar-refractivity contribution in [3.8, 4) is 0 Å². The maximum Gasteiger partial charge on any atom is 0.128 e. The molecule has 0 aromatic carbocycles. The molecule has 2 heteroatoms. The molecule has 0 aromatic heterocycles. The van der Waals surface area contributed by atoms with Crippen molar-refractivity contribution >= 4 is 7.85 Å². The van der Waals surface area contributed by atoms with Gasteiger partial charge in [0.05, 0.1) is 0 Å². The Balaban J connectivity index is 2.74. The van der Waals surface area contributed by atoms with Gasteiger partial charge >= 0.3 is 0 Å². The summed E-state index contributed by atoms with van der Waals surface area (Å²) in [6, 6.07) is 0.708. The first-order valence-corrected chi connectivity index (χ1v) is 5.25. The van der Waals surface area contributed by atoms with Gasteiger partial charge in [-0.15, -0.1) is 0 Å². The number of hydrogen-bond acceptors (Lipinski definition) is 1. The average molecular weight is 167 g/mol. The molecule has 1 fully saturated rings. The van der Waals surface area contributed by atoms with Crippen LogP contribution in [0.25, 0.3) is 0 Å². The van der Waals surface area contributed by atoms with Gasteiger partial charge in [-0.2, -0.15) is 0 Å². The molecule has 1 saturated heterocycles. The van der Waals surface area contributed by atoms with E-state index in [1.165, 1.54) is 19.4 Å². The third-order valence-corrected chi connectivity index (χ3v) is 3.61. The molecule has 1 nitrogen and oxygen atoms in total. The van der Waals surface area contributed by atoms with Crippen LogP contribution in [0.2, 0.25) is 0 Å². The summed E-state index contributed by atoms with van der Waals surface area (Å²) in [7, 11) is 2.42. The average Bonchev–Trinajstić information content (AvgIpc) is 2.32. The van der Waals surface area contributed by atoms with Gasteiger partial charge in [-0.3, -0.25) is 0 Å². The van der Waals surface area contributed by atoms with E-state index in [-0.39, 0.29) is 0 Å². The Bertz CT molecular complexity index is 156. The molecule has 12 heavy (non-hydrogen) atoms. The van der Waals surface area contributed by atoms with E-state index < -0.39 is 0 Å². The van der Waals surface area contributed by atoms with Gasteiger partial charge < -0.3 is 4.90 Å². The summed E-state index contributed by atoms with van der Waals surface area (Å²) in [6.45, 7) is 10.6. The predicted octanol–water partition coefficient (Wildman–Crippen LogP) is 1.48. The summed E-state index contributed by atoms with van der Waals surface area (Å²) < 4.78 is 0. The molecule has 1 rings (SSSR count). The topological polar surface area (TPSA) is 3.24 Å². The largest absolute Gasteiger partial charge is 0.303 e. The van der Waals surface area contributed by atoms with E-state index in [1.54, 1.807) is 0 Å². The zero-order valence-electron chi connectivity index (χ0n) is 9.22. The summed E-state index contributed by atoms with van der Waals surface area (Å²) in [5.41, 5.74) is 0.466. The predicted molar refractivity (Wildman–Crippen MR) is 57.2 cm³/mol. The lowest BCUT2D eigenvalue weighted by Crippen LogP contribution is -2.51. The monoisotopic (exact) mass is 167 g/mol. The summed E-state index contributed by atoms with van der Waals surface area (Å²) in [5, 5.41) is 0. The van der Waals surface area contributed by atoms with Crippen LogP contribution in [0.15, 0.2) is 0 Å². The first kappa shape index (κ1) is 10.1. The molecule has 1 aliphatic heterocycles. The molecule has 0 unspecified atom stereocenters. The van der Waals surface area contributed by atoms with Crippen molar-refractivity contribution < 1.29 is 0 Å². The van der Waals surface area contributed by atoms with Gasteiger partial charge in [-0.05, 0) is 44.6 Å². The molecule has 0 bridgehead atoms. The second kappa shape index (κ2) is 3.41. The van der Waals surface area contributed by atoms with E-state index in [0.717, 1.165) is 5.92 Å². The van der Waals surface area contributed by atoms with E-state index in [2.05, 4.69) is 40.4 Å². The normalized spacial score (nSPS) is 32.2. The molecule has 0 aliphatic carbocycles. The standard InChI is InChI=1S/C10H22BN/c1-8(2)10(11)6-5-7-12(10)9(3)4/h8-9H,5-7,11H2,1-4H3/t10-/m0/s1. The Morgan fingerprint density at radius 2 is 1.83 bits per heavy atom. The van der Waals surface area contributed by atoms with Crippen molar-refractivity contribution in [1.29, 1.82) is 0 Å². The molecule has 0 amide bonds. The second-order valence-corrected chi connectivity index (χ2v) is 4.90. The molecule has 0 N–H and O–H groups in total. The molecule has 1 heterocycles. The number of rotatable bonds is 2. The van der Waals surface area contributed by atoms with E-state index in [9.17, 15) is 0 Å². The molecule has 0 radical (unpaired) electrons. The highest BCUT2D eigenvalue weighted by molar-refractivity contribution is 6.15. The lowest BCUT2D eigenvalue weighted by molar-refractivity contribution is 0.130. The first-order valence-electron chi connectivity index (χ1n) is 5.25. The van der Waals surface area contributed by atoms with Gasteiger partial charge in [0.15, 0.2) is 0 Å². The quantitative estimate of drug-likeness (QED) is 0.563. The summed E-state index contributed by atoms with van der Waals surface area (Å²) in [5.74, 6) is 0.780. The van der Waals surface area contributed by atoms with Crippen molar-refractivity contribution in [2.45, 2.75) is 52.0 Å². The first-order chi connectivity index (χ1) is 5.48. The SMILES string of the molecule is B[C@@]1(C(C)C)CCCN1C(C)C. The Morgan fingerprint density at radius 3 is 2.17 bits per heavy atom. The van der Waals surface area contributed by atoms with Gasteiger partial charge in [-0.1, -0.05) is 13.8 Å². The maximum absolute atomic E-state index is 2.66. The zero-order valence-corrected chi connectivity index (χ0v) is 9.22. The summed E-state index contributed by atoms with van der Waals surface area (Å²) in [6.07, 6.45) is 2.76. The van der Waals surface area contributed by atoms with Crippen LogP contribution in [-0.4, -0.2) is 30.8 Å². The van der Waals surface area contributed by atoms with Gasteiger partial charge in [0.2, 0.25) is 0 Å². The van der Waals surface area contributed by atoms with Crippen LogP contribution in [0, 0.1) is 5.92 Å². The molecule has 0 aromatic rings. The van der Waals surface area contributed by atoms with Crippen LogP contribution in [-0.2, 0) is 0 Å². The highest BCUT2D eigenvalue weighted by atomic mass is 15.2. The second-order valence-electron chi connectivity index (χ2n) is 4.90. The minimum atomic E-state index is 0.466. The Hall–Kier alpha value is 0.0249. The third-order valence-electron chi connectivity index (χ3n) is 3.61. The van der Waals surface area contributed by atoms with Crippen LogP contribution < -0.4 is 0 Å². The Labute approximate surface area is 77.9 Å². The Kier molecular flexibility index (Phi) is 2.87. The fraction of sp³-hybridized carbons (Fsp3) is 1.00. The van der Waals surface area contributed by atoms with Crippen LogP contribution in [0.3, 0.4) is 0 Å². The number of nitrogens with zero attached hydrogens (tertiary/aromatic N) is 1. The molecule has 1 atom stereocenters. The molecule has 0 spiro atoms. The van der Waals surface area contributed by atoms with Crippen LogP contribution in [0.1, 0.15) is 40.5 Å². The molecular formula is C10H22BN. The van der Waals surface area contributed by atoms with Crippen LogP contribution >= 0.6 is 0 Å². The fourth-order valence-corrected chi connectivity index (χ4v) is 2.47. The highest BCUT2D eigenvalue weighted by Crippen LogP contribution is 2.34. The van der Waals surface area contributed by atoms with E-state index in [0.29, 0.717) is 11.5 Å². The van der Waals surface area contributed by atoms with Crippen molar-refractivity contribution in [3.05, 3.63) is 0 Å². The fourth-order valence-electron chi connectivity index (χ4n) is 2.47. The van der Waals surface area contributed by atoms with Gasteiger partial charge in [-0.25, -0.2) is 0 Å². The van der Waals surface area contributed by atoms with E-state index in [4.69, 9.17) is 0 Å². The van der Waals surface area contributed by atoms with Gasteiger partial charge in [0.1, 0.15) is 7.85 Å². The summed E-state index contributed by atoms with van der Waals surface area (Å²) >= 11 is 0. The highest BCUT2D eigenvalue weighted by Gasteiger charge is 2.39. The Morgan fingerprint density at radius 1 is 1.25 bits per heavy atom. The molecule has 70 valence electrons. The van der Waals surface area contributed by atoms with Gasteiger partial charge in [0.25, 0.3) is 0 Å². The van der Waals surface area contributed by atoms with E-state index >= 15 is 0 Å².